The van der Waals surface area contributed by atoms with Crippen LogP contribution in [0.1, 0.15) is 18.9 Å². The fraction of sp³-hybridized carbons (Fsp3) is 0.417. The highest BCUT2D eigenvalue weighted by Crippen LogP contribution is 2.32. The normalized spacial score (nSPS) is 18.7. The molecule has 0 radical (unpaired) electrons. The zero-order chi connectivity index (χ0) is 21.8. The molecule has 1 saturated heterocycles. The molecule has 6 nitrogen and oxygen atoms in total. The van der Waals surface area contributed by atoms with Crippen molar-refractivity contribution in [2.75, 3.05) is 49.1 Å². The highest BCUT2D eigenvalue weighted by molar-refractivity contribution is 6.30. The molecule has 0 bridgehead atoms. The Morgan fingerprint density at radius 1 is 1.06 bits per heavy atom. The lowest BCUT2D eigenvalue weighted by atomic mass is 10.1. The first-order valence-electron chi connectivity index (χ1n) is 10.9. The predicted octanol–water partition coefficient (Wildman–Crippen LogP) is 2.95. The Balaban J connectivity index is 1.20. The Hall–Kier alpha value is -2.57. The summed E-state index contributed by atoms with van der Waals surface area (Å²) in [4.78, 5) is 31.3. The molecule has 2 aromatic carbocycles. The molecule has 7 heteroatoms. The van der Waals surface area contributed by atoms with Crippen LogP contribution in [0.3, 0.4) is 0 Å². The lowest BCUT2D eigenvalue weighted by molar-refractivity contribution is -0.125. The Morgan fingerprint density at radius 3 is 2.58 bits per heavy atom. The molecule has 2 amide bonds. The van der Waals surface area contributed by atoms with Crippen molar-refractivity contribution in [2.45, 2.75) is 25.8 Å². The van der Waals surface area contributed by atoms with Crippen LogP contribution in [0.4, 0.5) is 11.4 Å². The van der Waals surface area contributed by atoms with Crippen molar-refractivity contribution in [3.63, 3.8) is 0 Å². The van der Waals surface area contributed by atoms with E-state index in [9.17, 15) is 9.59 Å². The van der Waals surface area contributed by atoms with E-state index in [2.05, 4.69) is 21.2 Å². The van der Waals surface area contributed by atoms with E-state index in [1.807, 2.05) is 42.5 Å². The van der Waals surface area contributed by atoms with Gasteiger partial charge in [-0.1, -0.05) is 35.9 Å². The summed E-state index contributed by atoms with van der Waals surface area (Å²) in [6.07, 6.45) is 1.47. The predicted molar refractivity (Wildman–Crippen MR) is 125 cm³/mol. The van der Waals surface area contributed by atoms with Crippen molar-refractivity contribution in [3.8, 4) is 0 Å². The molecule has 2 aliphatic heterocycles. The van der Waals surface area contributed by atoms with Gasteiger partial charge in [0.15, 0.2) is 0 Å². The van der Waals surface area contributed by atoms with Gasteiger partial charge < -0.3 is 10.2 Å². The first-order chi connectivity index (χ1) is 15.0. The maximum atomic E-state index is 12.8. The number of halogens is 1. The maximum absolute atomic E-state index is 12.8. The molecule has 1 unspecified atom stereocenters. The van der Waals surface area contributed by atoms with Crippen LogP contribution >= 0.6 is 11.6 Å². The summed E-state index contributed by atoms with van der Waals surface area (Å²) in [6, 6.07) is 15.3. The van der Waals surface area contributed by atoms with Gasteiger partial charge in [-0.15, -0.1) is 0 Å². The van der Waals surface area contributed by atoms with Crippen molar-refractivity contribution in [1.29, 1.82) is 0 Å². The van der Waals surface area contributed by atoms with E-state index in [1.54, 1.807) is 4.90 Å². The van der Waals surface area contributed by atoms with E-state index < -0.39 is 6.04 Å². The standard InChI is InChI=1S/C24H29ClN4O2/c1-18(30)29-22-9-3-2-6-19(22)16-23(29)24(31)26-10-5-11-27-12-14-28(15-13-27)21-8-4-7-20(25)17-21/h2-4,6-9,17,23H,5,10-16H2,1H3,(H,26,31). The number of carbonyl (C=O) groups excluding carboxylic acids is 2. The fourth-order valence-electron chi connectivity index (χ4n) is 4.52. The van der Waals surface area contributed by atoms with Crippen molar-refractivity contribution in [2.24, 2.45) is 0 Å². The van der Waals surface area contributed by atoms with Crippen LogP contribution in [0, 0.1) is 0 Å². The zero-order valence-corrected chi connectivity index (χ0v) is 18.6. The van der Waals surface area contributed by atoms with Crippen molar-refractivity contribution in [1.82, 2.24) is 10.2 Å². The highest BCUT2D eigenvalue weighted by atomic mass is 35.5. The molecule has 31 heavy (non-hydrogen) atoms. The van der Waals surface area contributed by atoms with Crippen LogP contribution < -0.4 is 15.1 Å². The second kappa shape index (κ2) is 9.71. The third kappa shape index (κ3) is 5.02. The summed E-state index contributed by atoms with van der Waals surface area (Å²) in [5, 5.41) is 3.81. The van der Waals surface area contributed by atoms with Gasteiger partial charge in [0, 0.05) is 62.5 Å². The number of amides is 2. The van der Waals surface area contributed by atoms with Crippen LogP contribution in [-0.2, 0) is 16.0 Å². The monoisotopic (exact) mass is 440 g/mol. The molecule has 164 valence electrons. The third-order valence-electron chi connectivity index (χ3n) is 6.11. The number of nitrogens with one attached hydrogen (secondary N) is 1. The molecule has 2 aliphatic rings. The Kier molecular flexibility index (Phi) is 6.78. The first-order valence-corrected chi connectivity index (χ1v) is 11.3. The molecule has 0 aromatic heterocycles. The Morgan fingerprint density at radius 2 is 1.84 bits per heavy atom. The average molecular weight is 441 g/mol. The number of nitrogens with zero attached hydrogens (tertiary/aromatic N) is 3. The Bertz CT molecular complexity index is 943. The van der Waals surface area contributed by atoms with Gasteiger partial charge in [-0.25, -0.2) is 0 Å². The summed E-state index contributed by atoms with van der Waals surface area (Å²) in [6.45, 7) is 7.02. The minimum Gasteiger partial charge on any atom is -0.369 e. The van der Waals surface area contributed by atoms with E-state index in [-0.39, 0.29) is 11.8 Å². The molecule has 0 saturated carbocycles. The number of rotatable bonds is 6. The lowest BCUT2D eigenvalue weighted by Crippen LogP contribution is -2.48. The van der Waals surface area contributed by atoms with Crippen molar-refractivity contribution >= 4 is 34.8 Å². The largest absolute Gasteiger partial charge is 0.369 e. The molecule has 4 rings (SSSR count). The molecular weight excluding hydrogens is 412 g/mol. The lowest BCUT2D eigenvalue weighted by Gasteiger charge is -2.36. The van der Waals surface area contributed by atoms with Crippen LogP contribution in [0.5, 0.6) is 0 Å². The molecule has 2 heterocycles. The second-order valence-corrected chi connectivity index (χ2v) is 8.63. The van der Waals surface area contributed by atoms with E-state index in [0.29, 0.717) is 13.0 Å². The summed E-state index contributed by atoms with van der Waals surface area (Å²) in [7, 11) is 0. The summed E-state index contributed by atoms with van der Waals surface area (Å²) in [5.74, 6) is -0.167. The number of fused-ring (bicyclic) bond motifs is 1. The molecule has 1 N–H and O–H groups in total. The molecule has 1 fully saturated rings. The molecule has 0 aliphatic carbocycles. The van der Waals surface area contributed by atoms with E-state index in [1.165, 1.54) is 12.6 Å². The summed E-state index contributed by atoms with van der Waals surface area (Å²) in [5.41, 5.74) is 3.08. The van der Waals surface area contributed by atoms with Gasteiger partial charge in [0.2, 0.25) is 11.8 Å². The number of benzene rings is 2. The third-order valence-corrected chi connectivity index (χ3v) is 6.35. The number of hydrogen-bond donors (Lipinski definition) is 1. The number of piperazine rings is 1. The minimum absolute atomic E-state index is 0.0721. The van der Waals surface area contributed by atoms with Crippen molar-refractivity contribution in [3.05, 3.63) is 59.1 Å². The fourth-order valence-corrected chi connectivity index (χ4v) is 4.70. The van der Waals surface area contributed by atoms with E-state index in [4.69, 9.17) is 11.6 Å². The van der Waals surface area contributed by atoms with E-state index >= 15 is 0 Å². The van der Waals surface area contributed by atoms with E-state index in [0.717, 1.165) is 55.4 Å². The van der Waals surface area contributed by atoms with Gasteiger partial charge in [0.25, 0.3) is 0 Å². The molecule has 0 spiro atoms. The van der Waals surface area contributed by atoms with Gasteiger partial charge in [0.05, 0.1) is 0 Å². The summed E-state index contributed by atoms with van der Waals surface area (Å²) < 4.78 is 0. The highest BCUT2D eigenvalue weighted by Gasteiger charge is 2.36. The van der Waals surface area contributed by atoms with Crippen LogP contribution in [0.15, 0.2) is 48.5 Å². The quantitative estimate of drug-likeness (QED) is 0.702. The minimum atomic E-state index is -0.448. The number of para-hydroxylation sites is 1. The first kappa shape index (κ1) is 21.7. The van der Waals surface area contributed by atoms with Crippen molar-refractivity contribution < 1.29 is 9.59 Å². The van der Waals surface area contributed by atoms with Gasteiger partial charge in [0.1, 0.15) is 6.04 Å². The SMILES string of the molecule is CC(=O)N1c2ccccc2CC1C(=O)NCCCN1CCN(c2cccc(Cl)c2)CC1. The van der Waals surface area contributed by atoms with Gasteiger partial charge in [-0.3, -0.25) is 19.4 Å². The van der Waals surface area contributed by atoms with Crippen LogP contribution in [-0.4, -0.2) is 62.0 Å². The molecule has 2 aromatic rings. The molecular formula is C24H29ClN4O2. The average Bonchev–Trinajstić information content (AvgIpc) is 3.17. The van der Waals surface area contributed by atoms with Crippen LogP contribution in [0.2, 0.25) is 5.02 Å². The van der Waals surface area contributed by atoms with Gasteiger partial charge >= 0.3 is 0 Å². The topological polar surface area (TPSA) is 55.9 Å². The maximum Gasteiger partial charge on any atom is 0.243 e. The summed E-state index contributed by atoms with van der Waals surface area (Å²) >= 11 is 6.11. The number of anilines is 2. The van der Waals surface area contributed by atoms with Crippen LogP contribution in [0.25, 0.3) is 0 Å². The smallest absolute Gasteiger partial charge is 0.243 e. The van der Waals surface area contributed by atoms with Gasteiger partial charge in [-0.05, 0) is 42.8 Å². The zero-order valence-electron chi connectivity index (χ0n) is 17.9. The van der Waals surface area contributed by atoms with Gasteiger partial charge in [-0.2, -0.15) is 0 Å². The number of hydrogen-bond acceptors (Lipinski definition) is 4. The Labute approximate surface area is 188 Å². The second-order valence-electron chi connectivity index (χ2n) is 8.19. The molecule has 1 atom stereocenters. The number of carbonyl (C=O) groups is 2.